The van der Waals surface area contributed by atoms with Gasteiger partial charge in [0.1, 0.15) is 10.8 Å². The van der Waals surface area contributed by atoms with Crippen LogP contribution in [0.3, 0.4) is 0 Å². The van der Waals surface area contributed by atoms with Crippen LogP contribution in [-0.2, 0) is 0 Å². The highest BCUT2D eigenvalue weighted by molar-refractivity contribution is 7.99. The maximum absolute atomic E-state index is 5.36. The number of piperidine rings is 1. The molecule has 0 saturated carbocycles. The molecule has 9 heteroatoms. The first-order chi connectivity index (χ1) is 13.0. The molecular weight excluding hydrogens is 378 g/mol. The van der Waals surface area contributed by atoms with Crippen LogP contribution in [-0.4, -0.2) is 44.2 Å². The molecule has 0 bridgehead atoms. The molecule has 0 unspecified atom stereocenters. The molecule has 0 spiro atoms. The third-order valence-corrected chi connectivity index (χ3v) is 5.08. The van der Waals surface area contributed by atoms with Gasteiger partial charge in [-0.3, -0.25) is 0 Å². The standard InChI is InChI=1S/C18H25N7S2/c1-12(2)21-17(26)24-16-22-14(25-9-4-6-13(3)11-25)10-15(23-16)27-18-19-7-5-8-20-18/h5,7-8,10,12-13H,4,6,9,11H2,1-3H3,(H2,21,22,23,24,26)/t13-/m1/s1. The van der Waals surface area contributed by atoms with Crippen molar-refractivity contribution in [2.45, 2.75) is 49.8 Å². The highest BCUT2D eigenvalue weighted by Crippen LogP contribution is 2.28. The van der Waals surface area contributed by atoms with Crippen LogP contribution in [0.5, 0.6) is 0 Å². The number of hydrogen-bond acceptors (Lipinski definition) is 7. The summed E-state index contributed by atoms with van der Waals surface area (Å²) in [7, 11) is 0. The van der Waals surface area contributed by atoms with Gasteiger partial charge in [0.15, 0.2) is 10.3 Å². The van der Waals surface area contributed by atoms with E-state index >= 15 is 0 Å². The second-order valence-corrected chi connectivity index (χ2v) is 8.36. The van der Waals surface area contributed by atoms with Crippen molar-refractivity contribution in [2.24, 2.45) is 5.92 Å². The Morgan fingerprint density at radius 1 is 1.30 bits per heavy atom. The van der Waals surface area contributed by atoms with Gasteiger partial charge in [-0.15, -0.1) is 0 Å². The second-order valence-electron chi connectivity index (χ2n) is 6.97. The largest absolute Gasteiger partial charge is 0.360 e. The lowest BCUT2D eigenvalue weighted by Gasteiger charge is -2.32. The van der Waals surface area contributed by atoms with Crippen LogP contribution >= 0.6 is 24.0 Å². The van der Waals surface area contributed by atoms with Crippen molar-refractivity contribution < 1.29 is 0 Å². The van der Waals surface area contributed by atoms with E-state index in [0.29, 0.717) is 22.1 Å². The summed E-state index contributed by atoms with van der Waals surface area (Å²) in [5.74, 6) is 2.05. The van der Waals surface area contributed by atoms with Crippen molar-refractivity contribution in [2.75, 3.05) is 23.3 Å². The molecule has 1 saturated heterocycles. The van der Waals surface area contributed by atoms with Gasteiger partial charge in [-0.05, 0) is 62.7 Å². The number of nitrogens with one attached hydrogen (secondary N) is 2. The minimum atomic E-state index is 0.239. The first-order valence-electron chi connectivity index (χ1n) is 9.16. The number of nitrogens with zero attached hydrogens (tertiary/aromatic N) is 5. The minimum absolute atomic E-state index is 0.239. The van der Waals surface area contributed by atoms with Crippen molar-refractivity contribution in [3.8, 4) is 0 Å². The maximum atomic E-state index is 5.36. The molecule has 1 fully saturated rings. The normalized spacial score (nSPS) is 17.0. The van der Waals surface area contributed by atoms with Crippen LogP contribution in [0.25, 0.3) is 0 Å². The van der Waals surface area contributed by atoms with Crippen LogP contribution in [0.1, 0.15) is 33.6 Å². The molecule has 3 heterocycles. The molecule has 7 nitrogen and oxygen atoms in total. The number of rotatable bonds is 5. The molecule has 144 valence electrons. The van der Waals surface area contributed by atoms with Gasteiger partial charge in [-0.25, -0.2) is 15.0 Å². The van der Waals surface area contributed by atoms with E-state index in [1.54, 1.807) is 18.5 Å². The lowest BCUT2D eigenvalue weighted by Crippen LogP contribution is -2.36. The summed E-state index contributed by atoms with van der Waals surface area (Å²) in [6.45, 7) is 8.35. The summed E-state index contributed by atoms with van der Waals surface area (Å²) >= 11 is 6.77. The first-order valence-corrected chi connectivity index (χ1v) is 10.4. The fourth-order valence-corrected chi connectivity index (χ4v) is 3.95. The summed E-state index contributed by atoms with van der Waals surface area (Å²) in [6, 6.07) is 4.04. The van der Waals surface area contributed by atoms with E-state index in [4.69, 9.17) is 17.2 Å². The Labute approximate surface area is 169 Å². The lowest BCUT2D eigenvalue weighted by atomic mass is 10.0. The molecular formula is C18H25N7S2. The quantitative estimate of drug-likeness (QED) is 0.444. The summed E-state index contributed by atoms with van der Waals surface area (Å²) in [5, 5.41) is 8.23. The van der Waals surface area contributed by atoms with E-state index in [1.165, 1.54) is 24.6 Å². The number of aromatic nitrogens is 4. The monoisotopic (exact) mass is 403 g/mol. The molecule has 0 aromatic carbocycles. The van der Waals surface area contributed by atoms with Gasteiger partial charge in [0.25, 0.3) is 0 Å². The fraction of sp³-hybridized carbons (Fsp3) is 0.500. The molecule has 2 N–H and O–H groups in total. The summed E-state index contributed by atoms with van der Waals surface area (Å²) in [6.07, 6.45) is 5.88. The van der Waals surface area contributed by atoms with Crippen molar-refractivity contribution in [3.05, 3.63) is 24.5 Å². The van der Waals surface area contributed by atoms with E-state index in [9.17, 15) is 0 Å². The third-order valence-electron chi connectivity index (χ3n) is 4.05. The molecule has 3 rings (SSSR count). The van der Waals surface area contributed by atoms with Crippen LogP contribution in [0.15, 0.2) is 34.7 Å². The Bertz CT molecular complexity index is 770. The second kappa shape index (κ2) is 9.27. The predicted octanol–water partition coefficient (Wildman–Crippen LogP) is 3.35. The molecule has 0 aliphatic carbocycles. The first kappa shape index (κ1) is 19.8. The van der Waals surface area contributed by atoms with E-state index < -0.39 is 0 Å². The average Bonchev–Trinajstić information content (AvgIpc) is 2.61. The summed E-state index contributed by atoms with van der Waals surface area (Å²) in [4.78, 5) is 20.2. The zero-order chi connectivity index (χ0) is 19.2. The molecule has 27 heavy (non-hydrogen) atoms. The smallest absolute Gasteiger partial charge is 0.232 e. The number of hydrogen-bond donors (Lipinski definition) is 2. The van der Waals surface area contributed by atoms with Gasteiger partial charge in [0.05, 0.1) is 0 Å². The van der Waals surface area contributed by atoms with Crippen molar-refractivity contribution >= 4 is 40.9 Å². The Balaban J connectivity index is 1.85. The Morgan fingerprint density at radius 2 is 2.07 bits per heavy atom. The summed E-state index contributed by atoms with van der Waals surface area (Å²) < 4.78 is 0. The van der Waals surface area contributed by atoms with Gasteiger partial charge in [0.2, 0.25) is 5.95 Å². The van der Waals surface area contributed by atoms with Crippen molar-refractivity contribution in [1.82, 2.24) is 25.3 Å². The Kier molecular flexibility index (Phi) is 6.78. The van der Waals surface area contributed by atoms with Crippen LogP contribution in [0.2, 0.25) is 0 Å². The van der Waals surface area contributed by atoms with Crippen LogP contribution < -0.4 is 15.5 Å². The van der Waals surface area contributed by atoms with Crippen molar-refractivity contribution in [3.63, 3.8) is 0 Å². The van der Waals surface area contributed by atoms with Gasteiger partial charge < -0.3 is 15.5 Å². The van der Waals surface area contributed by atoms with Crippen molar-refractivity contribution in [1.29, 1.82) is 0 Å². The molecule has 2 aromatic heterocycles. The zero-order valence-corrected chi connectivity index (χ0v) is 17.5. The predicted molar refractivity (Wildman–Crippen MR) is 113 cm³/mol. The lowest BCUT2D eigenvalue weighted by molar-refractivity contribution is 0.444. The van der Waals surface area contributed by atoms with E-state index in [-0.39, 0.29) is 6.04 Å². The molecule has 1 aliphatic heterocycles. The summed E-state index contributed by atoms with van der Waals surface area (Å²) in [5.41, 5.74) is 0. The van der Waals surface area contributed by atoms with Gasteiger partial charge in [-0.1, -0.05) is 6.92 Å². The molecule has 0 radical (unpaired) electrons. The number of thiocarbonyl (C=S) groups is 1. The van der Waals surface area contributed by atoms with Crippen LogP contribution in [0, 0.1) is 5.92 Å². The van der Waals surface area contributed by atoms with Gasteiger partial charge in [-0.2, -0.15) is 4.98 Å². The van der Waals surface area contributed by atoms with E-state index in [0.717, 1.165) is 23.9 Å². The SMILES string of the molecule is CC(C)NC(=S)Nc1nc(Sc2ncccn2)cc(N2CCC[C@@H](C)C2)n1. The van der Waals surface area contributed by atoms with E-state index in [1.807, 2.05) is 19.9 Å². The van der Waals surface area contributed by atoms with Gasteiger partial charge in [0, 0.05) is 37.6 Å². The topological polar surface area (TPSA) is 78.9 Å². The fourth-order valence-electron chi connectivity index (χ4n) is 2.91. The van der Waals surface area contributed by atoms with E-state index in [2.05, 4.69) is 37.4 Å². The molecule has 2 aromatic rings. The van der Waals surface area contributed by atoms with Crippen LogP contribution in [0.4, 0.5) is 11.8 Å². The molecule has 0 amide bonds. The number of anilines is 2. The molecule has 1 aliphatic rings. The minimum Gasteiger partial charge on any atom is -0.360 e. The third kappa shape index (κ3) is 6.00. The highest BCUT2D eigenvalue weighted by atomic mass is 32.2. The Hall–Kier alpha value is -2.00. The maximum Gasteiger partial charge on any atom is 0.232 e. The average molecular weight is 404 g/mol. The van der Waals surface area contributed by atoms with Gasteiger partial charge >= 0.3 is 0 Å². The Morgan fingerprint density at radius 3 is 2.78 bits per heavy atom. The zero-order valence-electron chi connectivity index (χ0n) is 15.8. The highest BCUT2D eigenvalue weighted by Gasteiger charge is 2.20. The molecule has 1 atom stereocenters.